The Kier molecular flexibility index (Phi) is 19.5. The Bertz CT molecular complexity index is 3670. The summed E-state index contributed by atoms with van der Waals surface area (Å²) < 4.78 is 82.2. The molecule has 6 heterocycles. The largest absolute Gasteiger partial charge is 0.416 e. The average molecular weight is 1260 g/mol. The van der Waals surface area contributed by atoms with E-state index in [1.165, 1.54) is 50.5 Å². The number of nitrogens with one attached hydrogen (secondary N) is 4. The minimum atomic E-state index is -4.67. The van der Waals surface area contributed by atoms with Crippen LogP contribution in [0.4, 0.5) is 47.3 Å². The molecule has 0 aliphatic carbocycles. The number of benzene rings is 4. The second kappa shape index (κ2) is 27.7. The maximum atomic E-state index is 14.0. The van der Waals surface area contributed by atoms with E-state index < -0.39 is 59.4 Å². The van der Waals surface area contributed by atoms with Gasteiger partial charge in [0.1, 0.15) is 0 Å². The molecule has 4 N–H and O–H groups in total. The Morgan fingerprint density at radius 3 is 1.23 bits per heavy atom. The molecule has 474 valence electrons. The SMILES string of the molecule is CC1=C(C(=O)NCCCN2CCN(C(=O)c3ccc(-c4ccc(C(=O)N5CCN(CCCNC(=O)C6=C(C)N(c7cccc(C(F)(F)F)c7)C(=O)N[C@@H]6c6ccc(C#N)cc6)CC5)cn4)nc3)CC2)[C@@H](c2ccc(C#N)cc2)NC(=O)N1c1cccc(C(F)(F)F)c1. The molecule has 4 aliphatic rings. The molecule has 2 saturated heterocycles. The molecule has 0 spiro atoms. The molecule has 20 nitrogen and oxygen atoms in total. The molecule has 2 fully saturated rings. The number of rotatable bonds is 17. The van der Waals surface area contributed by atoms with Gasteiger partial charge in [-0.25, -0.2) is 9.59 Å². The molecule has 0 unspecified atom stereocenters. The standard InChI is InChI=1S/C66H62F6N14O6/c1-41-55(57(45-15-11-43(37-73)12-16-45)79-63(91)85(41)51-9-3-7-49(35-51)65(67,68)69)59(87)75-23-5-25-81-27-31-83(32-28-81)61(89)47-19-21-53(77-39-47)54-22-20-48(40-78-54)62(90)84-33-29-82(30-34-84)26-6-24-76-60(88)56-42(2)86(52-10-4-8-50(36-52)66(70,71)72)64(92)80-58(56)46-17-13-44(38-74)14-18-46/h3-4,7-22,35-36,39-40,57-58H,5-6,23-34H2,1-2H3,(H,75,87)(H,76,88)(H,79,91)(H,80,92)/t57-,58-/m1/s1. The number of anilines is 2. The number of alkyl halides is 6. The van der Waals surface area contributed by atoms with Crippen molar-refractivity contribution in [2.24, 2.45) is 0 Å². The summed E-state index contributed by atoms with van der Waals surface area (Å²) in [6.45, 7) is 8.65. The van der Waals surface area contributed by atoms with Crippen LogP contribution in [0.5, 0.6) is 0 Å². The molecular weight excluding hydrogens is 1200 g/mol. The van der Waals surface area contributed by atoms with Crippen LogP contribution in [0.1, 0.15) is 92.9 Å². The fourth-order valence-electron chi connectivity index (χ4n) is 11.6. The fraction of sp³-hybridized carbons (Fsp3) is 0.303. The summed E-state index contributed by atoms with van der Waals surface area (Å²) in [5, 5.41) is 30.1. The molecule has 2 aromatic heterocycles. The van der Waals surface area contributed by atoms with Gasteiger partial charge in [-0.05, 0) is 136 Å². The first-order chi connectivity index (χ1) is 44.1. The molecule has 26 heteroatoms. The first kappa shape index (κ1) is 64.5. The lowest BCUT2D eigenvalue weighted by Gasteiger charge is -2.36. The Balaban J connectivity index is 0.664. The van der Waals surface area contributed by atoms with E-state index in [2.05, 4.69) is 41.0 Å². The zero-order valence-electron chi connectivity index (χ0n) is 49.9. The van der Waals surface area contributed by atoms with Gasteiger partial charge in [0.2, 0.25) is 0 Å². The molecular formula is C66H62F6N14O6. The van der Waals surface area contributed by atoms with Crippen molar-refractivity contribution < 1.29 is 55.1 Å². The summed E-state index contributed by atoms with van der Waals surface area (Å²) in [4.78, 5) is 101. The van der Waals surface area contributed by atoms with Crippen molar-refractivity contribution in [2.45, 2.75) is 51.1 Å². The minimum Gasteiger partial charge on any atom is -0.352 e. The quantitative estimate of drug-likeness (QED) is 0.0494. The van der Waals surface area contributed by atoms with E-state index in [9.17, 15) is 65.6 Å². The van der Waals surface area contributed by atoms with Crippen molar-refractivity contribution in [3.63, 3.8) is 0 Å². The number of pyridine rings is 2. The third-order valence-corrected chi connectivity index (χ3v) is 16.5. The van der Waals surface area contributed by atoms with Crippen LogP contribution < -0.4 is 31.1 Å². The van der Waals surface area contributed by atoms with Gasteiger partial charge in [0.15, 0.2) is 0 Å². The number of hydrogen-bond donors (Lipinski definition) is 4. The molecule has 4 aliphatic heterocycles. The maximum Gasteiger partial charge on any atom is 0.416 e. The Morgan fingerprint density at radius 1 is 0.533 bits per heavy atom. The number of carbonyl (C=O) groups excluding carboxylic acids is 6. The van der Waals surface area contributed by atoms with Gasteiger partial charge in [-0.1, -0.05) is 36.4 Å². The molecule has 0 bridgehead atoms. The van der Waals surface area contributed by atoms with Crippen molar-refractivity contribution in [1.82, 2.24) is 50.8 Å². The van der Waals surface area contributed by atoms with Gasteiger partial charge in [-0.2, -0.15) is 36.9 Å². The predicted octanol–water partition coefficient (Wildman–Crippen LogP) is 8.94. The minimum absolute atomic E-state index is 0.0735. The van der Waals surface area contributed by atoms with E-state index in [4.69, 9.17) is 0 Å². The van der Waals surface area contributed by atoms with Crippen LogP contribution >= 0.6 is 0 Å². The van der Waals surface area contributed by atoms with E-state index in [0.717, 1.165) is 34.1 Å². The number of nitriles is 2. The molecule has 0 saturated carbocycles. The van der Waals surface area contributed by atoms with Crippen LogP contribution in [-0.4, -0.2) is 144 Å². The smallest absolute Gasteiger partial charge is 0.352 e. The van der Waals surface area contributed by atoms with Crippen LogP contribution in [0.15, 0.2) is 156 Å². The summed E-state index contributed by atoms with van der Waals surface area (Å²) in [5.74, 6) is -1.45. The topological polar surface area (TPSA) is 243 Å². The summed E-state index contributed by atoms with van der Waals surface area (Å²) >= 11 is 0. The fourth-order valence-corrected chi connectivity index (χ4v) is 11.6. The number of hydrogen-bond acceptors (Lipinski definition) is 12. The summed E-state index contributed by atoms with van der Waals surface area (Å²) in [5.41, 5.74) is 1.94. The van der Waals surface area contributed by atoms with Crippen molar-refractivity contribution in [2.75, 3.05) is 88.3 Å². The van der Waals surface area contributed by atoms with E-state index in [1.54, 1.807) is 82.6 Å². The Hall–Kier alpha value is -10.4. The number of aromatic nitrogens is 2. The highest BCUT2D eigenvalue weighted by molar-refractivity contribution is 6.06. The molecule has 4 aromatic carbocycles. The van der Waals surface area contributed by atoms with Gasteiger partial charge in [-0.15, -0.1) is 0 Å². The molecule has 2 atom stereocenters. The lowest BCUT2D eigenvalue weighted by molar-refractivity contribution is -0.138. The van der Waals surface area contributed by atoms with Gasteiger partial charge in [-0.3, -0.25) is 48.7 Å². The third kappa shape index (κ3) is 14.6. The lowest BCUT2D eigenvalue weighted by Crippen LogP contribution is -2.50. The van der Waals surface area contributed by atoms with Gasteiger partial charge in [0.05, 0.1) is 91.5 Å². The monoisotopic (exact) mass is 1260 g/mol. The van der Waals surface area contributed by atoms with Crippen molar-refractivity contribution in [3.8, 4) is 23.5 Å². The van der Waals surface area contributed by atoms with E-state index in [1.807, 2.05) is 12.1 Å². The van der Waals surface area contributed by atoms with E-state index in [-0.39, 0.29) is 58.8 Å². The third-order valence-electron chi connectivity index (χ3n) is 16.5. The maximum absolute atomic E-state index is 14.0. The number of amides is 8. The molecule has 92 heavy (non-hydrogen) atoms. The highest BCUT2D eigenvalue weighted by Crippen LogP contribution is 2.39. The second-order valence-electron chi connectivity index (χ2n) is 22.3. The lowest BCUT2D eigenvalue weighted by atomic mass is 9.93. The Labute approximate surface area is 525 Å². The first-order valence-electron chi connectivity index (χ1n) is 29.6. The highest BCUT2D eigenvalue weighted by atomic mass is 19.4. The first-order valence-corrected chi connectivity index (χ1v) is 29.6. The Morgan fingerprint density at radius 2 is 0.902 bits per heavy atom. The van der Waals surface area contributed by atoms with Crippen LogP contribution in [0.25, 0.3) is 11.4 Å². The van der Waals surface area contributed by atoms with Gasteiger partial charge >= 0.3 is 24.4 Å². The normalized spacial score (nSPS) is 17.6. The van der Waals surface area contributed by atoms with Crippen LogP contribution in [0.2, 0.25) is 0 Å². The van der Waals surface area contributed by atoms with Gasteiger partial charge in [0, 0.05) is 89.2 Å². The summed E-state index contributed by atoms with van der Waals surface area (Å²) in [6.07, 6.45) is -5.31. The number of urea groups is 2. The average Bonchev–Trinajstić information content (AvgIpc) is 0.919. The molecule has 0 radical (unpaired) electrons. The predicted molar refractivity (Wildman–Crippen MR) is 326 cm³/mol. The zero-order chi connectivity index (χ0) is 65.4. The second-order valence-corrected chi connectivity index (χ2v) is 22.3. The van der Waals surface area contributed by atoms with Crippen LogP contribution in [-0.2, 0) is 21.9 Å². The number of allylic oxidation sites excluding steroid dienone is 2. The van der Waals surface area contributed by atoms with Gasteiger partial charge < -0.3 is 31.1 Å². The molecule has 8 amide bonds. The molecule has 10 rings (SSSR count). The van der Waals surface area contributed by atoms with Crippen LogP contribution in [0, 0.1) is 22.7 Å². The summed E-state index contributed by atoms with van der Waals surface area (Å²) in [6, 6.07) is 28.6. The zero-order valence-corrected chi connectivity index (χ0v) is 49.9. The van der Waals surface area contributed by atoms with Crippen molar-refractivity contribution in [3.05, 3.63) is 201 Å². The van der Waals surface area contributed by atoms with E-state index in [0.29, 0.717) is 123 Å². The van der Waals surface area contributed by atoms with Crippen molar-refractivity contribution in [1.29, 1.82) is 10.5 Å². The number of piperazine rings is 2. The summed E-state index contributed by atoms with van der Waals surface area (Å²) in [7, 11) is 0. The van der Waals surface area contributed by atoms with Crippen LogP contribution in [0.3, 0.4) is 0 Å². The number of halogens is 6. The van der Waals surface area contributed by atoms with E-state index >= 15 is 0 Å². The highest BCUT2D eigenvalue weighted by Gasteiger charge is 2.40. The van der Waals surface area contributed by atoms with Gasteiger partial charge in [0.25, 0.3) is 23.6 Å². The number of carbonyl (C=O) groups is 6. The van der Waals surface area contributed by atoms with Crippen molar-refractivity contribution >= 4 is 47.1 Å². The molecule has 6 aromatic rings. The number of nitrogens with zero attached hydrogens (tertiary/aromatic N) is 10.